The summed E-state index contributed by atoms with van der Waals surface area (Å²) in [5, 5.41) is 15.1. The summed E-state index contributed by atoms with van der Waals surface area (Å²) in [5.41, 5.74) is 2.54. The Hall–Kier alpha value is -2.41. The van der Waals surface area contributed by atoms with Crippen LogP contribution in [0.1, 0.15) is 5.69 Å². The molecule has 0 bridgehead atoms. The molecule has 7 heteroatoms. The molecule has 108 valence electrons. The molecule has 0 saturated carbocycles. The predicted octanol–water partition coefficient (Wildman–Crippen LogP) is 3.16. The van der Waals surface area contributed by atoms with Gasteiger partial charge < -0.3 is 14.8 Å². The van der Waals surface area contributed by atoms with Crippen LogP contribution in [0, 0.1) is 6.92 Å². The molecule has 1 N–H and O–H groups in total. The smallest absolute Gasteiger partial charge is 0.187 e. The number of rotatable bonds is 4. The van der Waals surface area contributed by atoms with Gasteiger partial charge in [-0.3, -0.25) is 0 Å². The monoisotopic (exact) mass is 302 g/mol. The summed E-state index contributed by atoms with van der Waals surface area (Å²) in [6, 6.07) is 3.69. The lowest BCUT2D eigenvalue weighted by atomic mass is 10.2. The van der Waals surface area contributed by atoms with Crippen molar-refractivity contribution in [1.82, 2.24) is 15.2 Å². The summed E-state index contributed by atoms with van der Waals surface area (Å²) in [5.74, 6) is 1.28. The van der Waals surface area contributed by atoms with Crippen molar-refractivity contribution in [2.45, 2.75) is 6.92 Å². The first-order valence-corrected chi connectivity index (χ1v) is 7.16. The summed E-state index contributed by atoms with van der Waals surface area (Å²) in [6.45, 7) is 1.96. The first kappa shape index (κ1) is 13.6. The standard InChI is InChI=1S/C14H14N4O2S/c1-8-7-21-14(16-8)17-11-6-15-18-10-5-13(20-3)12(19-2)4-9(10)11/h4-7H,1-3H3,(H,16,17,18). The van der Waals surface area contributed by atoms with Crippen LogP contribution in [0.4, 0.5) is 10.8 Å². The van der Waals surface area contributed by atoms with Gasteiger partial charge in [-0.25, -0.2) is 4.98 Å². The first-order valence-electron chi connectivity index (χ1n) is 6.28. The maximum absolute atomic E-state index is 5.34. The van der Waals surface area contributed by atoms with Gasteiger partial charge >= 0.3 is 0 Å². The van der Waals surface area contributed by atoms with Crippen LogP contribution in [-0.2, 0) is 0 Å². The van der Waals surface area contributed by atoms with E-state index in [-0.39, 0.29) is 0 Å². The maximum atomic E-state index is 5.34. The Morgan fingerprint density at radius 1 is 1.14 bits per heavy atom. The molecule has 0 spiro atoms. The van der Waals surface area contributed by atoms with Crippen molar-refractivity contribution in [1.29, 1.82) is 0 Å². The second-order valence-corrected chi connectivity index (χ2v) is 5.26. The number of hydrogen-bond acceptors (Lipinski definition) is 7. The third-order valence-electron chi connectivity index (χ3n) is 3.00. The van der Waals surface area contributed by atoms with Gasteiger partial charge in [0.15, 0.2) is 16.6 Å². The summed E-state index contributed by atoms with van der Waals surface area (Å²) in [4.78, 5) is 4.39. The number of thiazole rings is 1. The van der Waals surface area contributed by atoms with E-state index >= 15 is 0 Å². The summed E-state index contributed by atoms with van der Waals surface area (Å²) in [7, 11) is 3.20. The summed E-state index contributed by atoms with van der Waals surface area (Å²) in [6.07, 6.45) is 1.67. The molecule has 0 fully saturated rings. The molecule has 0 aliphatic carbocycles. The number of fused-ring (bicyclic) bond motifs is 1. The summed E-state index contributed by atoms with van der Waals surface area (Å²) < 4.78 is 10.6. The van der Waals surface area contributed by atoms with Crippen LogP contribution < -0.4 is 14.8 Å². The predicted molar refractivity (Wildman–Crippen MR) is 82.8 cm³/mol. The minimum absolute atomic E-state index is 0.626. The third-order valence-corrected chi connectivity index (χ3v) is 3.88. The molecule has 2 aromatic heterocycles. The van der Waals surface area contributed by atoms with Crippen molar-refractivity contribution in [3.8, 4) is 11.5 Å². The Morgan fingerprint density at radius 3 is 2.57 bits per heavy atom. The second-order valence-electron chi connectivity index (χ2n) is 4.40. The highest BCUT2D eigenvalue weighted by Gasteiger charge is 2.11. The zero-order valence-corrected chi connectivity index (χ0v) is 12.7. The average Bonchev–Trinajstić information content (AvgIpc) is 2.91. The van der Waals surface area contributed by atoms with Gasteiger partial charge in [-0.1, -0.05) is 0 Å². The van der Waals surface area contributed by atoms with Crippen molar-refractivity contribution < 1.29 is 9.47 Å². The number of ether oxygens (including phenoxy) is 2. The number of aryl methyl sites for hydroxylation is 1. The number of hydrogen-bond donors (Lipinski definition) is 1. The highest BCUT2D eigenvalue weighted by atomic mass is 32.1. The van der Waals surface area contributed by atoms with Crippen LogP contribution in [0.5, 0.6) is 11.5 Å². The van der Waals surface area contributed by atoms with Crippen LogP contribution in [-0.4, -0.2) is 29.4 Å². The number of nitrogens with one attached hydrogen (secondary N) is 1. The lowest BCUT2D eigenvalue weighted by Crippen LogP contribution is -1.97. The maximum Gasteiger partial charge on any atom is 0.187 e. The van der Waals surface area contributed by atoms with E-state index in [0.29, 0.717) is 11.5 Å². The van der Waals surface area contributed by atoms with Crippen molar-refractivity contribution in [3.63, 3.8) is 0 Å². The highest BCUT2D eigenvalue weighted by Crippen LogP contribution is 2.35. The van der Waals surface area contributed by atoms with Gasteiger partial charge in [0.05, 0.1) is 37.3 Å². The van der Waals surface area contributed by atoms with Crippen LogP contribution in [0.2, 0.25) is 0 Å². The molecule has 3 aromatic rings. The molecule has 1 aromatic carbocycles. The van der Waals surface area contributed by atoms with Crippen molar-refractivity contribution in [3.05, 3.63) is 29.4 Å². The van der Waals surface area contributed by atoms with Crippen molar-refractivity contribution in [2.75, 3.05) is 19.5 Å². The van der Waals surface area contributed by atoms with E-state index in [4.69, 9.17) is 9.47 Å². The van der Waals surface area contributed by atoms with Gasteiger partial charge in [0, 0.05) is 16.8 Å². The molecule has 6 nitrogen and oxygen atoms in total. The molecular weight excluding hydrogens is 288 g/mol. The lowest BCUT2D eigenvalue weighted by Gasteiger charge is -2.11. The Labute approximate surface area is 125 Å². The van der Waals surface area contributed by atoms with Crippen LogP contribution in [0.25, 0.3) is 10.9 Å². The fraction of sp³-hybridized carbons (Fsp3) is 0.214. The van der Waals surface area contributed by atoms with Gasteiger partial charge in [-0.05, 0) is 13.0 Å². The van der Waals surface area contributed by atoms with Gasteiger partial charge in [0.25, 0.3) is 0 Å². The molecule has 2 heterocycles. The van der Waals surface area contributed by atoms with E-state index in [0.717, 1.165) is 27.4 Å². The van der Waals surface area contributed by atoms with Crippen LogP contribution in [0.3, 0.4) is 0 Å². The lowest BCUT2D eigenvalue weighted by molar-refractivity contribution is 0.356. The number of benzene rings is 1. The molecule has 0 saturated heterocycles. The minimum Gasteiger partial charge on any atom is -0.493 e. The van der Waals surface area contributed by atoms with E-state index in [1.54, 1.807) is 37.8 Å². The SMILES string of the molecule is COc1cc2nncc(Nc3nc(C)cs3)c2cc1OC. The van der Waals surface area contributed by atoms with E-state index in [1.165, 1.54) is 0 Å². The largest absolute Gasteiger partial charge is 0.493 e. The zero-order chi connectivity index (χ0) is 14.8. The second kappa shape index (κ2) is 5.53. The third kappa shape index (κ3) is 2.59. The van der Waals surface area contributed by atoms with Crippen LogP contribution >= 0.6 is 11.3 Å². The number of nitrogens with zero attached hydrogens (tertiary/aromatic N) is 3. The van der Waals surface area contributed by atoms with Gasteiger partial charge in [-0.2, -0.15) is 10.2 Å². The molecule has 0 radical (unpaired) electrons. The van der Waals surface area contributed by atoms with E-state index in [1.807, 2.05) is 18.4 Å². The van der Waals surface area contributed by atoms with E-state index < -0.39 is 0 Å². The fourth-order valence-corrected chi connectivity index (χ4v) is 2.71. The van der Waals surface area contributed by atoms with Gasteiger partial charge in [0.1, 0.15) is 0 Å². The summed E-state index contributed by atoms with van der Waals surface area (Å²) >= 11 is 1.54. The van der Waals surface area contributed by atoms with Crippen molar-refractivity contribution in [2.24, 2.45) is 0 Å². The van der Waals surface area contributed by atoms with E-state index in [2.05, 4.69) is 20.5 Å². The molecule has 0 unspecified atom stereocenters. The van der Waals surface area contributed by atoms with Gasteiger partial charge in [-0.15, -0.1) is 11.3 Å². The molecular formula is C14H14N4O2S. The Balaban J connectivity index is 2.10. The molecule has 0 aliphatic heterocycles. The molecule has 3 rings (SSSR count). The highest BCUT2D eigenvalue weighted by molar-refractivity contribution is 7.13. The molecule has 0 amide bonds. The van der Waals surface area contributed by atoms with Crippen LogP contribution in [0.15, 0.2) is 23.7 Å². The number of aromatic nitrogens is 3. The molecule has 0 atom stereocenters. The average molecular weight is 302 g/mol. The zero-order valence-electron chi connectivity index (χ0n) is 11.9. The Bertz CT molecular complexity index is 788. The number of anilines is 2. The Kier molecular flexibility index (Phi) is 3.57. The normalized spacial score (nSPS) is 10.6. The molecule has 21 heavy (non-hydrogen) atoms. The van der Waals surface area contributed by atoms with Crippen molar-refractivity contribution >= 4 is 33.1 Å². The van der Waals surface area contributed by atoms with E-state index in [9.17, 15) is 0 Å². The molecule has 0 aliphatic rings. The topological polar surface area (TPSA) is 69.2 Å². The van der Waals surface area contributed by atoms with Gasteiger partial charge in [0.2, 0.25) is 0 Å². The first-order chi connectivity index (χ1) is 10.2. The minimum atomic E-state index is 0.626. The quantitative estimate of drug-likeness (QED) is 0.798. The fourth-order valence-electron chi connectivity index (χ4n) is 2.01. The number of methoxy groups -OCH3 is 2. The Morgan fingerprint density at radius 2 is 1.90 bits per heavy atom.